The van der Waals surface area contributed by atoms with Crippen LogP contribution in [0.5, 0.6) is 5.75 Å². The lowest BCUT2D eigenvalue weighted by Crippen LogP contribution is -2.28. The number of nitrogens with zero attached hydrogens (tertiary/aromatic N) is 3. The second-order valence-corrected chi connectivity index (χ2v) is 5.73. The van der Waals surface area contributed by atoms with Crippen LogP contribution in [0.1, 0.15) is 41.3 Å². The number of rotatable bonds is 6. The lowest BCUT2D eigenvalue weighted by atomic mass is 10.2. The minimum Gasteiger partial charge on any atom is -0.494 e. The third kappa shape index (κ3) is 3.55. The molecule has 0 radical (unpaired) electrons. The van der Waals surface area contributed by atoms with Gasteiger partial charge in [0.2, 0.25) is 0 Å². The number of methoxy groups -OCH3 is 1. The number of hydrogen-bond acceptors (Lipinski definition) is 4. The zero-order valence-corrected chi connectivity index (χ0v) is 14.5. The Hall–Kier alpha value is -3.09. The van der Waals surface area contributed by atoms with Crippen molar-refractivity contribution in [1.82, 2.24) is 25.1 Å². The Bertz CT molecular complexity index is 868. The Kier molecular flexibility index (Phi) is 4.83. The van der Waals surface area contributed by atoms with E-state index in [4.69, 9.17) is 4.74 Å². The average molecular weight is 339 g/mol. The zero-order valence-electron chi connectivity index (χ0n) is 14.5. The highest BCUT2D eigenvalue weighted by Crippen LogP contribution is 2.22. The topological polar surface area (TPSA) is 84.8 Å². The predicted molar refractivity (Wildman–Crippen MR) is 93.9 cm³/mol. The molecule has 0 aliphatic rings. The molecule has 0 bridgehead atoms. The Balaban J connectivity index is 1.78. The highest BCUT2D eigenvalue weighted by atomic mass is 16.5. The third-order valence-electron chi connectivity index (χ3n) is 3.94. The van der Waals surface area contributed by atoms with Gasteiger partial charge in [0.25, 0.3) is 5.91 Å². The summed E-state index contributed by atoms with van der Waals surface area (Å²) in [6.07, 6.45) is 5.72. The van der Waals surface area contributed by atoms with Gasteiger partial charge in [-0.25, -0.2) is 9.67 Å². The molecule has 0 aliphatic heterocycles. The number of aromatic amines is 1. The van der Waals surface area contributed by atoms with E-state index in [-0.39, 0.29) is 11.9 Å². The molecule has 130 valence electrons. The first kappa shape index (κ1) is 16.8. The van der Waals surface area contributed by atoms with Crippen LogP contribution in [0.25, 0.3) is 5.69 Å². The van der Waals surface area contributed by atoms with Crippen molar-refractivity contribution in [2.75, 3.05) is 7.11 Å². The van der Waals surface area contributed by atoms with Crippen molar-refractivity contribution in [3.05, 3.63) is 59.9 Å². The van der Waals surface area contributed by atoms with Crippen molar-refractivity contribution in [3.63, 3.8) is 0 Å². The minimum atomic E-state index is -0.193. The van der Waals surface area contributed by atoms with Gasteiger partial charge in [0.05, 0.1) is 24.9 Å². The van der Waals surface area contributed by atoms with Crippen LogP contribution < -0.4 is 10.1 Å². The smallest absolute Gasteiger partial charge is 0.255 e. The molecule has 7 heteroatoms. The van der Waals surface area contributed by atoms with Crippen LogP contribution in [0.2, 0.25) is 0 Å². The number of aryl methyl sites for hydroxylation is 1. The Morgan fingerprint density at radius 1 is 1.36 bits per heavy atom. The maximum Gasteiger partial charge on any atom is 0.255 e. The summed E-state index contributed by atoms with van der Waals surface area (Å²) in [6.45, 7) is 3.93. The zero-order chi connectivity index (χ0) is 17.8. The van der Waals surface area contributed by atoms with Gasteiger partial charge in [-0.05, 0) is 25.5 Å². The van der Waals surface area contributed by atoms with E-state index < -0.39 is 0 Å². The number of para-hydroxylation sites is 2. The fraction of sp³-hybridized carbons (Fsp3) is 0.278. The summed E-state index contributed by atoms with van der Waals surface area (Å²) >= 11 is 0. The first-order valence-electron chi connectivity index (χ1n) is 8.12. The van der Waals surface area contributed by atoms with Gasteiger partial charge in [-0.2, -0.15) is 5.10 Å². The summed E-state index contributed by atoms with van der Waals surface area (Å²) in [7, 11) is 1.60. The lowest BCUT2D eigenvalue weighted by Gasteiger charge is -2.14. The quantitative estimate of drug-likeness (QED) is 0.723. The molecule has 2 aromatic heterocycles. The molecular weight excluding hydrogens is 318 g/mol. The molecule has 1 amide bonds. The summed E-state index contributed by atoms with van der Waals surface area (Å²) in [5.41, 5.74) is 2.22. The van der Waals surface area contributed by atoms with Crippen LogP contribution in [0.15, 0.2) is 42.9 Å². The van der Waals surface area contributed by atoms with E-state index in [1.54, 1.807) is 30.4 Å². The fourth-order valence-corrected chi connectivity index (χ4v) is 2.61. The van der Waals surface area contributed by atoms with Gasteiger partial charge in [0, 0.05) is 18.1 Å². The van der Waals surface area contributed by atoms with Gasteiger partial charge in [0.1, 0.15) is 17.3 Å². The molecule has 3 aromatic rings. The number of nitrogens with one attached hydrogen (secondary N) is 2. The van der Waals surface area contributed by atoms with Crippen LogP contribution in [0.4, 0.5) is 0 Å². The molecule has 0 aliphatic carbocycles. The first-order chi connectivity index (χ1) is 12.1. The van der Waals surface area contributed by atoms with E-state index in [1.165, 1.54) is 0 Å². The van der Waals surface area contributed by atoms with Crippen molar-refractivity contribution in [1.29, 1.82) is 0 Å². The summed E-state index contributed by atoms with van der Waals surface area (Å²) in [4.78, 5) is 20.0. The fourth-order valence-electron chi connectivity index (χ4n) is 2.61. The van der Waals surface area contributed by atoms with E-state index in [9.17, 15) is 4.79 Å². The van der Waals surface area contributed by atoms with Gasteiger partial charge >= 0.3 is 0 Å². The molecule has 25 heavy (non-hydrogen) atoms. The van der Waals surface area contributed by atoms with Crippen molar-refractivity contribution >= 4 is 5.91 Å². The minimum absolute atomic E-state index is 0.171. The second kappa shape index (κ2) is 7.21. The van der Waals surface area contributed by atoms with Crippen molar-refractivity contribution in [2.45, 2.75) is 26.3 Å². The van der Waals surface area contributed by atoms with E-state index in [2.05, 4.69) is 20.4 Å². The van der Waals surface area contributed by atoms with Crippen LogP contribution in [-0.2, 0) is 0 Å². The largest absolute Gasteiger partial charge is 0.494 e. The Morgan fingerprint density at radius 2 is 2.16 bits per heavy atom. The molecule has 2 N–H and O–H groups in total. The van der Waals surface area contributed by atoms with E-state index in [0.717, 1.165) is 23.6 Å². The van der Waals surface area contributed by atoms with Gasteiger partial charge in [-0.3, -0.25) is 4.79 Å². The van der Waals surface area contributed by atoms with E-state index in [0.29, 0.717) is 11.3 Å². The second-order valence-electron chi connectivity index (χ2n) is 5.73. The molecular formula is C18H21N5O2. The summed E-state index contributed by atoms with van der Waals surface area (Å²) < 4.78 is 6.97. The molecule has 3 rings (SSSR count). The number of amides is 1. The molecule has 1 aromatic carbocycles. The number of hydrogen-bond donors (Lipinski definition) is 2. The monoisotopic (exact) mass is 339 g/mol. The van der Waals surface area contributed by atoms with E-state index in [1.807, 2.05) is 38.1 Å². The Labute approximate surface area is 146 Å². The molecule has 2 heterocycles. The molecule has 1 atom stereocenters. The number of carbonyl (C=O) groups is 1. The van der Waals surface area contributed by atoms with Gasteiger partial charge in [-0.15, -0.1) is 0 Å². The summed E-state index contributed by atoms with van der Waals surface area (Å²) in [5.74, 6) is 1.25. The third-order valence-corrected chi connectivity index (χ3v) is 3.94. The summed E-state index contributed by atoms with van der Waals surface area (Å²) in [5, 5.41) is 7.27. The maximum atomic E-state index is 12.6. The Morgan fingerprint density at radius 3 is 2.84 bits per heavy atom. The van der Waals surface area contributed by atoms with Crippen LogP contribution >= 0.6 is 0 Å². The lowest BCUT2D eigenvalue weighted by molar-refractivity contribution is 0.0934. The number of H-pyrrole nitrogens is 1. The molecule has 0 spiro atoms. The van der Waals surface area contributed by atoms with Crippen LogP contribution in [0.3, 0.4) is 0 Å². The normalized spacial score (nSPS) is 12.0. The van der Waals surface area contributed by atoms with Crippen molar-refractivity contribution < 1.29 is 9.53 Å². The van der Waals surface area contributed by atoms with Gasteiger partial charge in [-0.1, -0.05) is 19.1 Å². The number of aromatic nitrogens is 4. The number of ether oxygens (including phenoxy) is 1. The molecule has 7 nitrogen and oxygen atoms in total. The highest BCUT2D eigenvalue weighted by Gasteiger charge is 2.18. The standard InChI is InChI=1S/C18H21N5O2/c1-4-14(17-19-9-12(2)21-17)22-18(24)13-10-20-23(11-13)15-7-5-6-8-16(15)25-3/h5-11,14H,4H2,1-3H3,(H,19,21)(H,22,24)/t14-/m0/s1. The maximum absolute atomic E-state index is 12.6. The van der Waals surface area contributed by atoms with Crippen LogP contribution in [-0.4, -0.2) is 32.8 Å². The van der Waals surface area contributed by atoms with Gasteiger partial charge < -0.3 is 15.0 Å². The highest BCUT2D eigenvalue weighted by molar-refractivity contribution is 5.94. The number of carbonyl (C=O) groups excluding carboxylic acids is 1. The first-order valence-corrected chi connectivity index (χ1v) is 8.12. The van der Waals surface area contributed by atoms with Gasteiger partial charge in [0.15, 0.2) is 0 Å². The average Bonchev–Trinajstić information content (AvgIpc) is 3.28. The molecule has 0 unspecified atom stereocenters. The van der Waals surface area contributed by atoms with Crippen molar-refractivity contribution in [2.24, 2.45) is 0 Å². The van der Waals surface area contributed by atoms with E-state index >= 15 is 0 Å². The molecule has 0 fully saturated rings. The van der Waals surface area contributed by atoms with Crippen molar-refractivity contribution in [3.8, 4) is 11.4 Å². The number of benzene rings is 1. The SMILES string of the molecule is CC[C@H](NC(=O)c1cnn(-c2ccccc2OC)c1)c1ncc(C)[nH]1. The number of imidazole rings is 1. The predicted octanol–water partition coefficient (Wildman–Crippen LogP) is 2.79. The molecule has 0 saturated carbocycles. The summed E-state index contributed by atoms with van der Waals surface area (Å²) in [6, 6.07) is 7.34. The molecule has 0 saturated heterocycles. The van der Waals surface area contributed by atoms with Crippen LogP contribution in [0, 0.1) is 6.92 Å².